The van der Waals surface area contributed by atoms with Crippen LogP contribution < -0.4 is 0 Å². The molecule has 5 nitrogen and oxygen atoms in total. The van der Waals surface area contributed by atoms with Crippen LogP contribution in [0.1, 0.15) is 37.2 Å². The van der Waals surface area contributed by atoms with E-state index in [4.69, 9.17) is 0 Å². The summed E-state index contributed by atoms with van der Waals surface area (Å²) in [6.45, 7) is 6.25. The van der Waals surface area contributed by atoms with Gasteiger partial charge in [-0.25, -0.2) is 14.4 Å². The summed E-state index contributed by atoms with van der Waals surface area (Å²) < 4.78 is 16.2. The van der Waals surface area contributed by atoms with Gasteiger partial charge in [-0.15, -0.1) is 16.8 Å². The Hall–Kier alpha value is -1.76. The molecule has 21 heavy (non-hydrogen) atoms. The van der Waals surface area contributed by atoms with Crippen molar-refractivity contribution in [2.75, 3.05) is 0 Å². The molecule has 2 aromatic heterocycles. The fourth-order valence-corrected chi connectivity index (χ4v) is 2.95. The minimum Gasteiger partial charge on any atom is -0.302 e. The Bertz CT molecular complexity index is 665. The van der Waals surface area contributed by atoms with Crippen LogP contribution in [0.15, 0.2) is 29.2 Å². The first-order chi connectivity index (χ1) is 10.2. The molecule has 0 aliphatic heterocycles. The molecular weight excluding hydrogens is 289 g/mol. The van der Waals surface area contributed by atoms with E-state index in [2.05, 4.69) is 26.7 Å². The number of hydrogen-bond acceptors (Lipinski definition) is 5. The molecule has 1 fully saturated rings. The zero-order chi connectivity index (χ0) is 14.8. The van der Waals surface area contributed by atoms with Gasteiger partial charge in [0.1, 0.15) is 17.2 Å². The average Bonchev–Trinajstić information content (AvgIpc) is 3.26. The Labute approximate surface area is 126 Å². The summed E-state index contributed by atoms with van der Waals surface area (Å²) in [4.78, 5) is 7.97. The van der Waals surface area contributed by atoms with Crippen LogP contribution in [-0.2, 0) is 13.0 Å². The molecule has 2 aromatic rings. The average molecular weight is 305 g/mol. The summed E-state index contributed by atoms with van der Waals surface area (Å²) in [5.41, 5.74) is 0.421. The van der Waals surface area contributed by atoms with E-state index in [1.165, 1.54) is 18.1 Å². The Morgan fingerprint density at radius 1 is 1.43 bits per heavy atom. The van der Waals surface area contributed by atoms with E-state index in [9.17, 15) is 4.39 Å². The molecule has 0 atom stereocenters. The van der Waals surface area contributed by atoms with Crippen molar-refractivity contribution in [3.8, 4) is 0 Å². The molecule has 0 spiro atoms. The van der Waals surface area contributed by atoms with Crippen molar-refractivity contribution >= 4 is 11.8 Å². The van der Waals surface area contributed by atoms with Crippen LogP contribution in [0.3, 0.4) is 0 Å². The smallest absolute Gasteiger partial charge is 0.197 e. The van der Waals surface area contributed by atoms with E-state index in [0.717, 1.165) is 18.7 Å². The van der Waals surface area contributed by atoms with Gasteiger partial charge in [-0.3, -0.25) is 0 Å². The standard InChI is InChI=1S/C14H16FN5S/c1-3-7-20-12(9-5-6-9)18-19-14(20)21-13-11(15)10(4-2)16-8-17-13/h3,8-9H,1,4-7H2,2H3. The molecule has 1 aliphatic carbocycles. The van der Waals surface area contributed by atoms with E-state index in [1.54, 1.807) is 6.08 Å². The van der Waals surface area contributed by atoms with Gasteiger partial charge in [0.2, 0.25) is 0 Å². The SMILES string of the molecule is C=CCn1c(Sc2ncnc(CC)c2F)nnc1C1CC1. The molecule has 0 N–H and O–H groups in total. The van der Waals surface area contributed by atoms with Crippen LogP contribution in [0.25, 0.3) is 0 Å². The number of nitrogens with zero attached hydrogens (tertiary/aromatic N) is 5. The van der Waals surface area contributed by atoms with Crippen LogP contribution in [0.2, 0.25) is 0 Å². The predicted molar refractivity (Wildman–Crippen MR) is 77.7 cm³/mol. The van der Waals surface area contributed by atoms with E-state index in [1.807, 2.05) is 11.5 Å². The minimum atomic E-state index is -0.369. The van der Waals surface area contributed by atoms with Gasteiger partial charge in [-0.2, -0.15) is 0 Å². The second-order valence-electron chi connectivity index (χ2n) is 4.91. The monoisotopic (exact) mass is 305 g/mol. The number of hydrogen-bond donors (Lipinski definition) is 0. The quantitative estimate of drug-likeness (QED) is 0.606. The molecule has 1 saturated carbocycles. The highest BCUT2D eigenvalue weighted by atomic mass is 32.2. The Morgan fingerprint density at radius 3 is 2.90 bits per heavy atom. The molecule has 110 valence electrons. The summed E-state index contributed by atoms with van der Waals surface area (Å²) >= 11 is 1.19. The van der Waals surface area contributed by atoms with E-state index in [0.29, 0.717) is 34.8 Å². The maximum Gasteiger partial charge on any atom is 0.197 e. The van der Waals surface area contributed by atoms with Crippen molar-refractivity contribution in [2.24, 2.45) is 0 Å². The summed E-state index contributed by atoms with van der Waals surface area (Å²) in [7, 11) is 0. The number of allylic oxidation sites excluding steroid dienone is 1. The lowest BCUT2D eigenvalue weighted by atomic mass is 10.3. The third-order valence-corrected chi connectivity index (χ3v) is 4.31. The van der Waals surface area contributed by atoms with Gasteiger partial charge in [-0.1, -0.05) is 13.0 Å². The summed E-state index contributed by atoms with van der Waals surface area (Å²) in [6, 6.07) is 0. The van der Waals surface area contributed by atoms with E-state index >= 15 is 0 Å². The topological polar surface area (TPSA) is 56.5 Å². The fraction of sp³-hybridized carbons (Fsp3) is 0.429. The molecule has 0 amide bonds. The molecule has 0 radical (unpaired) electrons. The first kappa shape index (κ1) is 14.2. The molecule has 2 heterocycles. The van der Waals surface area contributed by atoms with Crippen LogP contribution in [0.5, 0.6) is 0 Å². The van der Waals surface area contributed by atoms with Crippen molar-refractivity contribution in [3.63, 3.8) is 0 Å². The highest BCUT2D eigenvalue weighted by Gasteiger charge is 2.30. The molecule has 0 unspecified atom stereocenters. The van der Waals surface area contributed by atoms with E-state index in [-0.39, 0.29) is 5.82 Å². The van der Waals surface area contributed by atoms with Crippen LogP contribution in [0, 0.1) is 5.82 Å². The molecule has 3 rings (SSSR count). The fourth-order valence-electron chi connectivity index (χ4n) is 2.11. The maximum atomic E-state index is 14.2. The number of aromatic nitrogens is 5. The van der Waals surface area contributed by atoms with Gasteiger partial charge in [0.25, 0.3) is 0 Å². The lowest BCUT2D eigenvalue weighted by Crippen LogP contribution is -2.04. The van der Waals surface area contributed by atoms with Crippen LogP contribution >= 0.6 is 11.8 Å². The van der Waals surface area contributed by atoms with Crippen molar-refractivity contribution in [1.82, 2.24) is 24.7 Å². The zero-order valence-electron chi connectivity index (χ0n) is 11.8. The first-order valence-electron chi connectivity index (χ1n) is 6.95. The van der Waals surface area contributed by atoms with Gasteiger partial charge >= 0.3 is 0 Å². The maximum absolute atomic E-state index is 14.2. The number of halogens is 1. The highest BCUT2D eigenvalue weighted by molar-refractivity contribution is 7.99. The zero-order valence-corrected chi connectivity index (χ0v) is 12.6. The Morgan fingerprint density at radius 2 is 2.24 bits per heavy atom. The van der Waals surface area contributed by atoms with Crippen molar-refractivity contribution < 1.29 is 4.39 Å². The summed E-state index contributed by atoms with van der Waals surface area (Å²) in [5.74, 6) is 1.07. The lowest BCUT2D eigenvalue weighted by Gasteiger charge is -2.07. The Kier molecular flexibility index (Phi) is 4.01. The number of rotatable bonds is 6. The summed E-state index contributed by atoms with van der Waals surface area (Å²) in [6.07, 6.45) is 6.01. The van der Waals surface area contributed by atoms with Gasteiger partial charge in [0.15, 0.2) is 11.0 Å². The van der Waals surface area contributed by atoms with Crippen LogP contribution in [0.4, 0.5) is 4.39 Å². The first-order valence-corrected chi connectivity index (χ1v) is 7.77. The third kappa shape index (κ3) is 2.83. The normalized spacial score (nSPS) is 14.4. The second kappa shape index (κ2) is 5.93. The largest absolute Gasteiger partial charge is 0.302 e. The lowest BCUT2D eigenvalue weighted by molar-refractivity contribution is 0.558. The molecule has 7 heteroatoms. The van der Waals surface area contributed by atoms with Crippen molar-refractivity contribution in [3.05, 3.63) is 36.3 Å². The summed E-state index contributed by atoms with van der Waals surface area (Å²) in [5, 5.41) is 9.38. The Balaban J connectivity index is 1.92. The van der Waals surface area contributed by atoms with Crippen molar-refractivity contribution in [2.45, 2.75) is 48.8 Å². The number of aryl methyl sites for hydroxylation is 1. The molecular formula is C14H16FN5S. The molecule has 0 bridgehead atoms. The van der Waals surface area contributed by atoms with Gasteiger partial charge < -0.3 is 4.57 Å². The van der Waals surface area contributed by atoms with Crippen molar-refractivity contribution in [1.29, 1.82) is 0 Å². The van der Waals surface area contributed by atoms with Gasteiger partial charge in [0, 0.05) is 12.5 Å². The van der Waals surface area contributed by atoms with Gasteiger partial charge in [-0.05, 0) is 31.0 Å². The van der Waals surface area contributed by atoms with E-state index < -0.39 is 0 Å². The third-order valence-electron chi connectivity index (χ3n) is 3.35. The molecule has 1 aliphatic rings. The molecule has 0 aromatic carbocycles. The van der Waals surface area contributed by atoms with Gasteiger partial charge in [0.05, 0.1) is 5.69 Å². The highest BCUT2D eigenvalue weighted by Crippen LogP contribution is 2.40. The minimum absolute atomic E-state index is 0.293. The predicted octanol–water partition coefficient (Wildman–Crippen LogP) is 2.98. The second-order valence-corrected chi connectivity index (χ2v) is 5.87. The molecule has 0 saturated heterocycles. The van der Waals surface area contributed by atoms with Crippen LogP contribution in [-0.4, -0.2) is 24.7 Å².